The number of para-hydroxylation sites is 2. The van der Waals surface area contributed by atoms with Crippen molar-refractivity contribution in [2.45, 2.75) is 26.1 Å². The normalized spacial score (nSPS) is 17.5. The van der Waals surface area contributed by atoms with Gasteiger partial charge in [-0.2, -0.15) is 0 Å². The van der Waals surface area contributed by atoms with Gasteiger partial charge in [-0.15, -0.1) is 0 Å². The van der Waals surface area contributed by atoms with Gasteiger partial charge in [0.25, 0.3) is 5.69 Å². The standard InChI is InChI=1S/C16H25N3O4/c1-13(2)23-12-14(20)11-17-7-9-18(10-8-17)15-5-3-4-6-16(15)19(21)22/h3-6,13-14,20H,7-12H2,1-2H3. The summed E-state index contributed by atoms with van der Waals surface area (Å²) in [6, 6.07) is 6.83. The predicted octanol–water partition coefficient (Wildman–Crippen LogP) is 1.50. The molecule has 23 heavy (non-hydrogen) atoms. The SMILES string of the molecule is CC(C)OCC(O)CN1CCN(c2ccccc2[N+](=O)[O-])CC1. The van der Waals surface area contributed by atoms with Gasteiger partial charge in [0, 0.05) is 38.8 Å². The van der Waals surface area contributed by atoms with E-state index < -0.39 is 6.10 Å². The Morgan fingerprint density at radius 3 is 2.52 bits per heavy atom. The number of rotatable bonds is 7. The van der Waals surface area contributed by atoms with Gasteiger partial charge in [-0.05, 0) is 19.9 Å². The summed E-state index contributed by atoms with van der Waals surface area (Å²) in [5, 5.41) is 21.1. The number of benzene rings is 1. The summed E-state index contributed by atoms with van der Waals surface area (Å²) in [7, 11) is 0. The molecule has 0 bridgehead atoms. The molecule has 1 heterocycles. The van der Waals surface area contributed by atoms with Gasteiger partial charge < -0.3 is 14.7 Å². The topological polar surface area (TPSA) is 79.1 Å². The van der Waals surface area contributed by atoms with Crippen molar-refractivity contribution in [1.29, 1.82) is 0 Å². The quantitative estimate of drug-likeness (QED) is 0.605. The molecule has 0 aromatic heterocycles. The van der Waals surface area contributed by atoms with E-state index >= 15 is 0 Å². The fourth-order valence-electron chi connectivity index (χ4n) is 2.71. The van der Waals surface area contributed by atoms with Gasteiger partial charge in [-0.25, -0.2) is 0 Å². The molecule has 1 aromatic carbocycles. The van der Waals surface area contributed by atoms with E-state index in [1.54, 1.807) is 12.1 Å². The molecule has 0 amide bonds. The largest absolute Gasteiger partial charge is 0.389 e. The highest BCUT2D eigenvalue weighted by atomic mass is 16.6. The van der Waals surface area contributed by atoms with E-state index in [9.17, 15) is 15.2 Å². The Balaban J connectivity index is 1.86. The molecule has 1 unspecified atom stereocenters. The maximum atomic E-state index is 11.1. The number of nitro groups is 1. The van der Waals surface area contributed by atoms with E-state index in [2.05, 4.69) is 4.90 Å². The smallest absolute Gasteiger partial charge is 0.292 e. The lowest BCUT2D eigenvalue weighted by Crippen LogP contribution is -2.49. The number of ether oxygens (including phenoxy) is 1. The Morgan fingerprint density at radius 2 is 1.91 bits per heavy atom. The van der Waals surface area contributed by atoms with Gasteiger partial charge in [0.05, 0.1) is 23.7 Å². The van der Waals surface area contributed by atoms with E-state index in [1.165, 1.54) is 6.07 Å². The third-order valence-electron chi connectivity index (χ3n) is 3.88. The monoisotopic (exact) mass is 323 g/mol. The van der Waals surface area contributed by atoms with Crippen molar-refractivity contribution < 1.29 is 14.8 Å². The Labute approximate surface area is 136 Å². The highest BCUT2D eigenvalue weighted by Crippen LogP contribution is 2.28. The van der Waals surface area contributed by atoms with Crippen molar-refractivity contribution in [3.05, 3.63) is 34.4 Å². The maximum Gasteiger partial charge on any atom is 0.292 e. The van der Waals surface area contributed by atoms with Crippen molar-refractivity contribution in [2.75, 3.05) is 44.2 Å². The third kappa shape index (κ3) is 5.16. The molecular formula is C16H25N3O4. The second kappa shape index (κ2) is 8.24. The van der Waals surface area contributed by atoms with Crippen molar-refractivity contribution in [1.82, 2.24) is 4.90 Å². The summed E-state index contributed by atoms with van der Waals surface area (Å²) in [6.45, 7) is 7.75. The first-order valence-electron chi connectivity index (χ1n) is 7.97. The van der Waals surface area contributed by atoms with Gasteiger partial charge >= 0.3 is 0 Å². The number of aliphatic hydroxyl groups is 1. The van der Waals surface area contributed by atoms with Crippen LogP contribution in [0.3, 0.4) is 0 Å². The Morgan fingerprint density at radius 1 is 1.26 bits per heavy atom. The summed E-state index contributed by atoms with van der Waals surface area (Å²) in [4.78, 5) is 15.0. The highest BCUT2D eigenvalue weighted by Gasteiger charge is 2.24. The van der Waals surface area contributed by atoms with Crippen LogP contribution in [0.5, 0.6) is 0 Å². The first-order chi connectivity index (χ1) is 11.0. The lowest BCUT2D eigenvalue weighted by atomic mass is 10.2. The molecule has 1 aliphatic heterocycles. The molecule has 0 spiro atoms. The first kappa shape index (κ1) is 17.7. The van der Waals surface area contributed by atoms with E-state index in [1.807, 2.05) is 24.8 Å². The van der Waals surface area contributed by atoms with Crippen LogP contribution >= 0.6 is 0 Å². The minimum Gasteiger partial charge on any atom is -0.389 e. The van der Waals surface area contributed by atoms with Crippen molar-refractivity contribution in [3.8, 4) is 0 Å². The van der Waals surface area contributed by atoms with E-state index in [0.717, 1.165) is 13.1 Å². The van der Waals surface area contributed by atoms with Crippen LogP contribution in [0.1, 0.15) is 13.8 Å². The molecule has 1 saturated heterocycles. The third-order valence-corrected chi connectivity index (χ3v) is 3.88. The number of nitrogens with zero attached hydrogens (tertiary/aromatic N) is 3. The molecule has 0 saturated carbocycles. The summed E-state index contributed by atoms with van der Waals surface area (Å²) >= 11 is 0. The molecule has 1 fully saturated rings. The van der Waals surface area contributed by atoms with E-state index in [0.29, 0.717) is 31.9 Å². The second-order valence-electron chi connectivity index (χ2n) is 6.07. The Kier molecular flexibility index (Phi) is 6.32. The van der Waals surface area contributed by atoms with Gasteiger partial charge in [0.15, 0.2) is 0 Å². The predicted molar refractivity (Wildman–Crippen MR) is 88.8 cm³/mol. The number of nitro benzene ring substituents is 1. The number of anilines is 1. The van der Waals surface area contributed by atoms with Crippen LogP contribution < -0.4 is 4.90 Å². The van der Waals surface area contributed by atoms with Crippen LogP contribution in [0.25, 0.3) is 0 Å². The number of hydrogen-bond donors (Lipinski definition) is 1. The Hall–Kier alpha value is -1.70. The molecule has 2 rings (SSSR count). The molecule has 1 atom stereocenters. The molecule has 1 aliphatic rings. The average molecular weight is 323 g/mol. The molecule has 1 aromatic rings. The summed E-state index contributed by atoms with van der Waals surface area (Å²) in [5.41, 5.74) is 0.812. The number of hydrogen-bond acceptors (Lipinski definition) is 6. The summed E-state index contributed by atoms with van der Waals surface area (Å²) in [6.07, 6.45) is -0.393. The Bertz CT molecular complexity index is 516. The van der Waals surface area contributed by atoms with Crippen LogP contribution in [0.4, 0.5) is 11.4 Å². The van der Waals surface area contributed by atoms with Crippen LogP contribution in [-0.2, 0) is 4.74 Å². The molecule has 0 radical (unpaired) electrons. The number of β-amino-alcohol motifs (C(OH)–C–C–N with tert-alkyl or cyclic N) is 1. The number of aliphatic hydroxyl groups excluding tert-OH is 1. The molecule has 0 aliphatic carbocycles. The van der Waals surface area contributed by atoms with Gasteiger partial charge in [0.1, 0.15) is 5.69 Å². The van der Waals surface area contributed by atoms with E-state index in [4.69, 9.17) is 4.74 Å². The lowest BCUT2D eigenvalue weighted by Gasteiger charge is -2.36. The zero-order valence-electron chi connectivity index (χ0n) is 13.7. The van der Waals surface area contributed by atoms with Gasteiger partial charge in [0.2, 0.25) is 0 Å². The molecule has 128 valence electrons. The van der Waals surface area contributed by atoms with E-state index in [-0.39, 0.29) is 16.7 Å². The zero-order valence-corrected chi connectivity index (χ0v) is 13.7. The minimum absolute atomic E-state index is 0.111. The van der Waals surface area contributed by atoms with Crippen LogP contribution in [-0.4, -0.2) is 66.5 Å². The summed E-state index contributed by atoms with van der Waals surface area (Å²) in [5.74, 6) is 0. The van der Waals surface area contributed by atoms with Crippen molar-refractivity contribution >= 4 is 11.4 Å². The average Bonchev–Trinajstić information content (AvgIpc) is 2.53. The highest BCUT2D eigenvalue weighted by molar-refractivity contribution is 5.63. The molecule has 7 nitrogen and oxygen atoms in total. The zero-order chi connectivity index (χ0) is 16.8. The minimum atomic E-state index is -0.505. The second-order valence-corrected chi connectivity index (χ2v) is 6.07. The van der Waals surface area contributed by atoms with Crippen LogP contribution in [0.15, 0.2) is 24.3 Å². The van der Waals surface area contributed by atoms with Crippen molar-refractivity contribution in [2.24, 2.45) is 0 Å². The fourth-order valence-corrected chi connectivity index (χ4v) is 2.71. The lowest BCUT2D eigenvalue weighted by molar-refractivity contribution is -0.384. The molecule has 7 heteroatoms. The maximum absolute atomic E-state index is 11.1. The van der Waals surface area contributed by atoms with Gasteiger partial charge in [-0.3, -0.25) is 15.0 Å². The first-order valence-corrected chi connectivity index (χ1v) is 7.97. The molecule has 1 N–H and O–H groups in total. The van der Waals surface area contributed by atoms with Gasteiger partial charge in [-0.1, -0.05) is 12.1 Å². The van der Waals surface area contributed by atoms with Crippen LogP contribution in [0, 0.1) is 10.1 Å². The van der Waals surface area contributed by atoms with Crippen LogP contribution in [0.2, 0.25) is 0 Å². The fraction of sp³-hybridized carbons (Fsp3) is 0.625. The molecular weight excluding hydrogens is 298 g/mol. The van der Waals surface area contributed by atoms with Crippen molar-refractivity contribution in [3.63, 3.8) is 0 Å². The number of piperazine rings is 1. The summed E-state index contributed by atoms with van der Waals surface area (Å²) < 4.78 is 5.42.